The fourth-order valence-electron chi connectivity index (χ4n) is 1.41. The number of hydrogen-bond donors (Lipinski definition) is 0. The molecule has 0 N–H and O–H groups in total. The summed E-state index contributed by atoms with van der Waals surface area (Å²) in [7, 11) is 0. The Bertz CT molecular complexity index is 461. The Balaban J connectivity index is 3.14. The highest BCUT2D eigenvalue weighted by Crippen LogP contribution is 2.27. The Hall–Kier alpha value is -0.950. The Kier molecular flexibility index (Phi) is 6.44. The zero-order chi connectivity index (χ0) is 14.4. The summed E-state index contributed by atoms with van der Waals surface area (Å²) < 4.78 is 11.1. The van der Waals surface area contributed by atoms with E-state index in [0.717, 1.165) is 4.47 Å². The van der Waals surface area contributed by atoms with E-state index in [1.165, 1.54) is 6.20 Å². The fourth-order valence-corrected chi connectivity index (χ4v) is 2.62. The van der Waals surface area contributed by atoms with E-state index in [0.29, 0.717) is 4.47 Å². The van der Waals surface area contributed by atoms with Crippen molar-refractivity contribution in [3.63, 3.8) is 0 Å². The van der Waals surface area contributed by atoms with Gasteiger partial charge in [0.1, 0.15) is 0 Å². The van der Waals surface area contributed by atoms with Crippen LogP contribution in [-0.4, -0.2) is 30.1 Å². The predicted molar refractivity (Wildman–Crippen MR) is 75.6 cm³/mol. The van der Waals surface area contributed by atoms with Gasteiger partial charge < -0.3 is 9.47 Å². The Labute approximate surface area is 127 Å². The highest BCUT2D eigenvalue weighted by atomic mass is 79.9. The molecule has 1 heterocycles. The summed E-state index contributed by atoms with van der Waals surface area (Å²) >= 11 is 6.53. The van der Waals surface area contributed by atoms with E-state index in [9.17, 15) is 9.59 Å². The first-order valence-corrected chi connectivity index (χ1v) is 7.24. The molecule has 0 aliphatic rings. The summed E-state index contributed by atoms with van der Waals surface area (Å²) in [5, 5.41) is 0. The average Bonchev–Trinajstić information content (AvgIpc) is 2.33. The Morgan fingerprint density at radius 3 is 2.16 bits per heavy atom. The summed E-state index contributed by atoms with van der Waals surface area (Å²) in [6, 6.07) is 1.70. The van der Waals surface area contributed by atoms with Crippen LogP contribution >= 0.6 is 31.9 Å². The van der Waals surface area contributed by atoms with Gasteiger partial charge in [-0.2, -0.15) is 0 Å². The van der Waals surface area contributed by atoms with Crippen molar-refractivity contribution in [3.8, 4) is 0 Å². The molecule has 1 rings (SSSR count). The van der Waals surface area contributed by atoms with E-state index in [4.69, 9.17) is 9.47 Å². The molecule has 7 heteroatoms. The van der Waals surface area contributed by atoms with Crippen molar-refractivity contribution in [2.75, 3.05) is 13.2 Å². The second-order valence-corrected chi connectivity index (χ2v) is 5.23. The maximum absolute atomic E-state index is 11.9. The molecule has 0 saturated heterocycles. The molecule has 5 nitrogen and oxygen atoms in total. The number of pyridine rings is 1. The fraction of sp³-hybridized carbons (Fsp3) is 0.417. The van der Waals surface area contributed by atoms with Crippen molar-refractivity contribution in [2.24, 2.45) is 0 Å². The molecule has 0 unspecified atom stereocenters. The van der Waals surface area contributed by atoms with Crippen LogP contribution in [0.3, 0.4) is 0 Å². The number of carbonyl (C=O) groups excluding carboxylic acids is 2. The molecule has 0 amide bonds. The number of carbonyl (C=O) groups is 2. The second kappa shape index (κ2) is 7.59. The molecular weight excluding hydrogens is 382 g/mol. The Morgan fingerprint density at radius 2 is 1.74 bits per heavy atom. The van der Waals surface area contributed by atoms with Crippen LogP contribution in [0.5, 0.6) is 0 Å². The summed E-state index contributed by atoms with van der Waals surface area (Å²) in [6.07, 6.45) is 1.51. The lowest BCUT2D eigenvalue weighted by molar-refractivity contribution is -0.157. The minimum absolute atomic E-state index is 0.183. The molecule has 1 aromatic heterocycles. The minimum atomic E-state index is -1.18. The van der Waals surface area contributed by atoms with E-state index in [2.05, 4.69) is 36.8 Å². The van der Waals surface area contributed by atoms with E-state index in [1.807, 2.05) is 0 Å². The number of ether oxygens (including phenoxy) is 2. The molecule has 0 radical (unpaired) electrons. The molecule has 0 atom stereocenters. The van der Waals surface area contributed by atoms with Gasteiger partial charge in [0, 0.05) is 15.1 Å². The smallest absolute Gasteiger partial charge is 0.326 e. The summed E-state index contributed by atoms with van der Waals surface area (Å²) in [5.74, 6) is -2.52. The number of halogens is 2. The van der Waals surface area contributed by atoms with Gasteiger partial charge in [0.05, 0.1) is 18.9 Å². The molecule has 19 heavy (non-hydrogen) atoms. The first kappa shape index (κ1) is 16.1. The molecule has 0 aromatic carbocycles. The van der Waals surface area contributed by atoms with Crippen LogP contribution in [0.1, 0.15) is 25.5 Å². The van der Waals surface area contributed by atoms with Crippen molar-refractivity contribution in [1.82, 2.24) is 4.98 Å². The van der Waals surface area contributed by atoms with E-state index >= 15 is 0 Å². The summed E-state index contributed by atoms with van der Waals surface area (Å²) in [4.78, 5) is 27.9. The summed E-state index contributed by atoms with van der Waals surface area (Å²) in [5.41, 5.74) is 0.278. The van der Waals surface area contributed by atoms with Crippen LogP contribution in [0.4, 0.5) is 0 Å². The first-order chi connectivity index (χ1) is 9.01. The predicted octanol–water partition coefficient (Wildman–Crippen LogP) is 2.82. The topological polar surface area (TPSA) is 65.5 Å². The molecular formula is C12H13Br2NO4. The molecule has 0 spiro atoms. The lowest BCUT2D eigenvalue weighted by Gasteiger charge is -2.15. The largest absolute Gasteiger partial charge is 0.465 e. The van der Waals surface area contributed by atoms with Crippen LogP contribution in [0.2, 0.25) is 0 Å². The zero-order valence-corrected chi connectivity index (χ0v) is 13.7. The first-order valence-electron chi connectivity index (χ1n) is 5.65. The quantitative estimate of drug-likeness (QED) is 0.567. The van der Waals surface area contributed by atoms with Crippen LogP contribution in [0.15, 0.2) is 21.2 Å². The highest BCUT2D eigenvalue weighted by molar-refractivity contribution is 9.11. The molecule has 1 aromatic rings. The minimum Gasteiger partial charge on any atom is -0.465 e. The van der Waals surface area contributed by atoms with Crippen molar-refractivity contribution in [1.29, 1.82) is 0 Å². The van der Waals surface area contributed by atoms with Gasteiger partial charge in [-0.15, -0.1) is 0 Å². The third kappa shape index (κ3) is 4.28. The van der Waals surface area contributed by atoms with Crippen molar-refractivity contribution in [3.05, 3.63) is 26.9 Å². The van der Waals surface area contributed by atoms with Gasteiger partial charge in [0.15, 0.2) is 5.92 Å². The maximum atomic E-state index is 11.9. The molecule has 0 saturated carbocycles. The average molecular weight is 395 g/mol. The third-order valence-corrected chi connectivity index (χ3v) is 3.22. The molecule has 0 bridgehead atoms. The van der Waals surface area contributed by atoms with Crippen LogP contribution in [0, 0.1) is 0 Å². The van der Waals surface area contributed by atoms with Crippen molar-refractivity contribution < 1.29 is 19.1 Å². The molecule has 0 aliphatic heterocycles. The van der Waals surface area contributed by atoms with Crippen LogP contribution in [0.25, 0.3) is 0 Å². The monoisotopic (exact) mass is 393 g/mol. The highest BCUT2D eigenvalue weighted by Gasteiger charge is 2.34. The van der Waals surface area contributed by atoms with Gasteiger partial charge in [-0.25, -0.2) is 0 Å². The van der Waals surface area contributed by atoms with Gasteiger partial charge in [0.2, 0.25) is 0 Å². The third-order valence-electron chi connectivity index (χ3n) is 2.15. The number of rotatable bonds is 5. The van der Waals surface area contributed by atoms with Gasteiger partial charge >= 0.3 is 11.9 Å². The maximum Gasteiger partial charge on any atom is 0.326 e. The van der Waals surface area contributed by atoms with Gasteiger partial charge in [-0.05, 0) is 51.8 Å². The van der Waals surface area contributed by atoms with Crippen LogP contribution < -0.4 is 0 Å². The number of hydrogen-bond acceptors (Lipinski definition) is 5. The lowest BCUT2D eigenvalue weighted by Crippen LogP contribution is -2.27. The summed E-state index contributed by atoms with van der Waals surface area (Å²) in [6.45, 7) is 3.71. The van der Waals surface area contributed by atoms with Crippen LogP contribution in [-0.2, 0) is 19.1 Å². The van der Waals surface area contributed by atoms with E-state index in [1.54, 1.807) is 19.9 Å². The van der Waals surface area contributed by atoms with E-state index < -0.39 is 17.9 Å². The number of aromatic nitrogens is 1. The van der Waals surface area contributed by atoms with Crippen molar-refractivity contribution >= 4 is 43.8 Å². The van der Waals surface area contributed by atoms with E-state index in [-0.39, 0.29) is 18.9 Å². The lowest BCUT2D eigenvalue weighted by atomic mass is 10.1. The van der Waals surface area contributed by atoms with Gasteiger partial charge in [0.25, 0.3) is 0 Å². The van der Waals surface area contributed by atoms with Gasteiger partial charge in [-0.3, -0.25) is 14.6 Å². The second-order valence-electron chi connectivity index (χ2n) is 3.46. The normalized spacial score (nSPS) is 10.4. The molecule has 0 fully saturated rings. The zero-order valence-electron chi connectivity index (χ0n) is 10.5. The SMILES string of the molecule is CCOC(=O)C(C(=O)OCC)c1ncc(Br)cc1Br. The standard InChI is InChI=1S/C12H13Br2NO4/c1-3-18-11(16)9(12(17)19-4-2)10-8(14)5-7(13)6-15-10/h5-6,9H,3-4H2,1-2H3. The van der Waals surface area contributed by atoms with Crippen molar-refractivity contribution in [2.45, 2.75) is 19.8 Å². The molecule has 0 aliphatic carbocycles. The Morgan fingerprint density at radius 1 is 1.21 bits per heavy atom. The number of nitrogens with zero attached hydrogens (tertiary/aromatic N) is 1. The van der Waals surface area contributed by atoms with Gasteiger partial charge in [-0.1, -0.05) is 0 Å². The molecule has 104 valence electrons. The number of esters is 2.